The maximum absolute atomic E-state index is 11.7. The van der Waals surface area contributed by atoms with E-state index in [2.05, 4.69) is 5.32 Å². The summed E-state index contributed by atoms with van der Waals surface area (Å²) in [5.74, 6) is 0.918. The van der Waals surface area contributed by atoms with E-state index in [1.165, 1.54) is 0 Å². The summed E-state index contributed by atoms with van der Waals surface area (Å²) >= 11 is 0. The number of amides is 1. The van der Waals surface area contributed by atoms with Gasteiger partial charge in [0, 0.05) is 12.0 Å². The monoisotopic (exact) mass is 249 g/mol. The van der Waals surface area contributed by atoms with Crippen molar-refractivity contribution in [2.24, 2.45) is 5.41 Å². The molecule has 3 nitrogen and oxygen atoms in total. The minimum Gasteiger partial charge on any atom is -0.491 e. The van der Waals surface area contributed by atoms with Gasteiger partial charge < -0.3 is 10.1 Å². The third kappa shape index (κ3) is 4.78. The van der Waals surface area contributed by atoms with Crippen LogP contribution in [0.3, 0.4) is 0 Å². The van der Waals surface area contributed by atoms with Crippen LogP contribution in [0.4, 0.5) is 0 Å². The molecule has 18 heavy (non-hydrogen) atoms. The van der Waals surface area contributed by atoms with Crippen LogP contribution in [-0.2, 0) is 11.3 Å². The summed E-state index contributed by atoms with van der Waals surface area (Å²) in [6.07, 6.45) is 0.177. The molecule has 0 spiro atoms. The fourth-order valence-corrected chi connectivity index (χ4v) is 1.41. The molecule has 0 unspecified atom stereocenters. The zero-order chi connectivity index (χ0) is 13.8. The zero-order valence-corrected chi connectivity index (χ0v) is 11.9. The van der Waals surface area contributed by atoms with Crippen LogP contribution >= 0.6 is 0 Å². The number of carbonyl (C=O) groups is 1. The standard InChI is InChI=1S/C15H23NO2/c1-11(2)18-13-8-6-12(7-9-13)10-16-14(17)15(3,4)5/h6-9,11H,10H2,1-5H3,(H,16,17). The summed E-state index contributed by atoms with van der Waals surface area (Å²) in [6.45, 7) is 10.3. The van der Waals surface area contributed by atoms with Crippen LogP contribution in [0.25, 0.3) is 0 Å². The second kappa shape index (κ2) is 5.89. The van der Waals surface area contributed by atoms with Gasteiger partial charge in [0.1, 0.15) is 5.75 Å². The largest absolute Gasteiger partial charge is 0.491 e. The Morgan fingerprint density at radius 1 is 1.22 bits per heavy atom. The summed E-state index contributed by atoms with van der Waals surface area (Å²) in [5, 5.41) is 2.92. The second-order valence-electron chi connectivity index (χ2n) is 5.74. The van der Waals surface area contributed by atoms with Gasteiger partial charge in [0.15, 0.2) is 0 Å². The van der Waals surface area contributed by atoms with E-state index in [0.717, 1.165) is 11.3 Å². The molecule has 1 amide bonds. The highest BCUT2D eigenvalue weighted by molar-refractivity contribution is 5.81. The van der Waals surface area contributed by atoms with Gasteiger partial charge in [0.2, 0.25) is 5.91 Å². The maximum atomic E-state index is 11.7. The quantitative estimate of drug-likeness (QED) is 0.890. The van der Waals surface area contributed by atoms with Gasteiger partial charge in [-0.3, -0.25) is 4.79 Å². The van der Waals surface area contributed by atoms with Crippen molar-refractivity contribution in [3.63, 3.8) is 0 Å². The number of nitrogens with one attached hydrogen (secondary N) is 1. The fourth-order valence-electron chi connectivity index (χ4n) is 1.41. The van der Waals surface area contributed by atoms with Crippen molar-refractivity contribution < 1.29 is 9.53 Å². The molecule has 0 aromatic heterocycles. The van der Waals surface area contributed by atoms with Gasteiger partial charge in [0.05, 0.1) is 6.10 Å². The molecular weight excluding hydrogens is 226 g/mol. The summed E-state index contributed by atoms with van der Waals surface area (Å²) < 4.78 is 5.56. The lowest BCUT2D eigenvalue weighted by atomic mass is 9.95. The van der Waals surface area contributed by atoms with Gasteiger partial charge >= 0.3 is 0 Å². The molecule has 0 radical (unpaired) electrons. The Labute approximate surface area is 110 Å². The topological polar surface area (TPSA) is 38.3 Å². The van der Waals surface area contributed by atoms with Crippen molar-refractivity contribution in [2.75, 3.05) is 0 Å². The van der Waals surface area contributed by atoms with Crippen LogP contribution in [0.15, 0.2) is 24.3 Å². The molecule has 100 valence electrons. The number of hydrogen-bond acceptors (Lipinski definition) is 2. The number of ether oxygens (including phenoxy) is 1. The van der Waals surface area contributed by atoms with Crippen molar-refractivity contribution in [3.05, 3.63) is 29.8 Å². The van der Waals surface area contributed by atoms with E-state index in [9.17, 15) is 4.79 Å². The highest BCUT2D eigenvalue weighted by Gasteiger charge is 2.20. The van der Waals surface area contributed by atoms with E-state index >= 15 is 0 Å². The Bertz CT molecular complexity index is 388. The van der Waals surface area contributed by atoms with Crippen LogP contribution in [0.1, 0.15) is 40.2 Å². The van der Waals surface area contributed by atoms with Crippen LogP contribution < -0.4 is 10.1 Å². The van der Waals surface area contributed by atoms with Crippen molar-refractivity contribution in [3.8, 4) is 5.75 Å². The SMILES string of the molecule is CC(C)Oc1ccc(CNC(=O)C(C)(C)C)cc1. The molecule has 0 saturated carbocycles. The first kappa shape index (κ1) is 14.6. The van der Waals surface area contributed by atoms with E-state index in [-0.39, 0.29) is 17.4 Å². The van der Waals surface area contributed by atoms with Crippen LogP contribution in [0.5, 0.6) is 5.75 Å². The van der Waals surface area contributed by atoms with E-state index in [1.54, 1.807) is 0 Å². The first-order chi connectivity index (χ1) is 8.29. The van der Waals surface area contributed by atoms with Gasteiger partial charge in [-0.25, -0.2) is 0 Å². The number of carbonyl (C=O) groups excluding carboxylic acids is 1. The highest BCUT2D eigenvalue weighted by atomic mass is 16.5. The Kier molecular flexibility index (Phi) is 4.76. The minimum atomic E-state index is -0.347. The molecule has 0 aliphatic carbocycles. The van der Waals surface area contributed by atoms with Gasteiger partial charge in [-0.2, -0.15) is 0 Å². The molecule has 1 N–H and O–H groups in total. The first-order valence-corrected chi connectivity index (χ1v) is 6.33. The van der Waals surface area contributed by atoms with E-state index < -0.39 is 0 Å². The molecule has 0 aliphatic rings. The average molecular weight is 249 g/mol. The molecule has 0 aliphatic heterocycles. The van der Waals surface area contributed by atoms with E-state index in [0.29, 0.717) is 6.54 Å². The predicted octanol–water partition coefficient (Wildman–Crippen LogP) is 3.14. The highest BCUT2D eigenvalue weighted by Crippen LogP contribution is 2.15. The number of hydrogen-bond donors (Lipinski definition) is 1. The molecule has 3 heteroatoms. The lowest BCUT2D eigenvalue weighted by Gasteiger charge is -2.17. The minimum absolute atomic E-state index is 0.0602. The molecule has 1 aromatic rings. The molecule has 1 rings (SSSR count). The van der Waals surface area contributed by atoms with Crippen LogP contribution in [-0.4, -0.2) is 12.0 Å². The van der Waals surface area contributed by atoms with Gasteiger partial charge in [-0.05, 0) is 31.5 Å². The third-order valence-corrected chi connectivity index (χ3v) is 2.43. The van der Waals surface area contributed by atoms with Crippen molar-refractivity contribution >= 4 is 5.91 Å². The maximum Gasteiger partial charge on any atom is 0.225 e. The number of rotatable bonds is 4. The molecule has 0 heterocycles. The molecule has 0 atom stereocenters. The van der Waals surface area contributed by atoms with E-state index in [4.69, 9.17) is 4.74 Å². The summed E-state index contributed by atoms with van der Waals surface area (Å²) in [6, 6.07) is 7.80. The van der Waals surface area contributed by atoms with Crippen molar-refractivity contribution in [1.29, 1.82) is 0 Å². The van der Waals surface area contributed by atoms with Gasteiger partial charge in [0.25, 0.3) is 0 Å². The van der Waals surface area contributed by atoms with Gasteiger partial charge in [-0.15, -0.1) is 0 Å². The van der Waals surface area contributed by atoms with Crippen LogP contribution in [0.2, 0.25) is 0 Å². The van der Waals surface area contributed by atoms with Crippen molar-refractivity contribution in [2.45, 2.75) is 47.3 Å². The zero-order valence-electron chi connectivity index (χ0n) is 11.9. The molecule has 0 saturated heterocycles. The fraction of sp³-hybridized carbons (Fsp3) is 0.533. The Balaban J connectivity index is 2.52. The predicted molar refractivity (Wildman–Crippen MR) is 73.5 cm³/mol. The summed E-state index contributed by atoms with van der Waals surface area (Å²) in [7, 11) is 0. The Morgan fingerprint density at radius 3 is 2.22 bits per heavy atom. The Morgan fingerprint density at radius 2 is 1.78 bits per heavy atom. The average Bonchev–Trinajstić information content (AvgIpc) is 2.25. The van der Waals surface area contributed by atoms with Crippen LogP contribution in [0, 0.1) is 5.41 Å². The lowest BCUT2D eigenvalue weighted by Crippen LogP contribution is -2.34. The third-order valence-electron chi connectivity index (χ3n) is 2.43. The van der Waals surface area contributed by atoms with Crippen molar-refractivity contribution in [1.82, 2.24) is 5.32 Å². The Hall–Kier alpha value is -1.51. The molecule has 0 bridgehead atoms. The summed E-state index contributed by atoms with van der Waals surface area (Å²) in [4.78, 5) is 11.7. The molecular formula is C15H23NO2. The molecule has 1 aromatic carbocycles. The smallest absolute Gasteiger partial charge is 0.225 e. The molecule has 0 fully saturated rings. The first-order valence-electron chi connectivity index (χ1n) is 6.33. The number of benzene rings is 1. The lowest BCUT2D eigenvalue weighted by molar-refractivity contribution is -0.128. The van der Waals surface area contributed by atoms with E-state index in [1.807, 2.05) is 58.9 Å². The normalized spacial score (nSPS) is 11.4. The summed E-state index contributed by atoms with van der Waals surface area (Å²) in [5.41, 5.74) is 0.726. The van der Waals surface area contributed by atoms with Gasteiger partial charge in [-0.1, -0.05) is 32.9 Å². The second-order valence-corrected chi connectivity index (χ2v) is 5.74.